The number of carboxylic acid groups (broad SMARTS) is 1. The van der Waals surface area contributed by atoms with Gasteiger partial charge in [0.2, 0.25) is 6.79 Å². The van der Waals surface area contributed by atoms with Crippen molar-refractivity contribution in [3.05, 3.63) is 42.0 Å². The molecule has 24 heavy (non-hydrogen) atoms. The SMILES string of the molecule is Cc1cccc(-c2nc3cc4c(cc3n2C(C)C(=O)O)OCO4)c1. The van der Waals surface area contributed by atoms with Gasteiger partial charge in [-0.1, -0.05) is 23.8 Å². The van der Waals surface area contributed by atoms with Crippen LogP contribution in [-0.4, -0.2) is 27.4 Å². The zero-order valence-electron chi connectivity index (χ0n) is 13.3. The summed E-state index contributed by atoms with van der Waals surface area (Å²) in [6.07, 6.45) is 0. The molecule has 0 saturated carbocycles. The van der Waals surface area contributed by atoms with Crippen molar-refractivity contribution in [1.82, 2.24) is 9.55 Å². The summed E-state index contributed by atoms with van der Waals surface area (Å²) in [5.74, 6) is 0.941. The zero-order chi connectivity index (χ0) is 16.8. The van der Waals surface area contributed by atoms with Crippen LogP contribution in [0.4, 0.5) is 0 Å². The fourth-order valence-electron chi connectivity index (χ4n) is 2.98. The number of carbonyl (C=O) groups is 1. The Balaban J connectivity index is 2.01. The van der Waals surface area contributed by atoms with E-state index in [-0.39, 0.29) is 6.79 Å². The second-order valence-corrected chi connectivity index (χ2v) is 5.88. The first-order valence-electron chi connectivity index (χ1n) is 7.66. The highest BCUT2D eigenvalue weighted by atomic mass is 16.7. The van der Waals surface area contributed by atoms with Crippen LogP contribution >= 0.6 is 0 Å². The molecule has 2 aromatic carbocycles. The molecule has 1 aliphatic rings. The van der Waals surface area contributed by atoms with E-state index in [0.29, 0.717) is 28.4 Å². The van der Waals surface area contributed by atoms with Gasteiger partial charge in [0.25, 0.3) is 0 Å². The van der Waals surface area contributed by atoms with Crippen molar-refractivity contribution in [3.8, 4) is 22.9 Å². The first-order chi connectivity index (χ1) is 11.5. The predicted octanol–water partition coefficient (Wildman–Crippen LogP) is 3.39. The molecule has 0 saturated heterocycles. The third-order valence-corrected chi connectivity index (χ3v) is 4.20. The molecule has 0 bridgehead atoms. The van der Waals surface area contributed by atoms with Crippen LogP contribution in [0.15, 0.2) is 36.4 Å². The van der Waals surface area contributed by atoms with Gasteiger partial charge in [-0.3, -0.25) is 0 Å². The number of ether oxygens (including phenoxy) is 2. The smallest absolute Gasteiger partial charge is 0.326 e. The van der Waals surface area contributed by atoms with Gasteiger partial charge in [0.05, 0.1) is 11.0 Å². The van der Waals surface area contributed by atoms with Gasteiger partial charge >= 0.3 is 5.97 Å². The van der Waals surface area contributed by atoms with Gasteiger partial charge in [-0.25, -0.2) is 9.78 Å². The maximum absolute atomic E-state index is 11.6. The monoisotopic (exact) mass is 324 g/mol. The molecule has 1 atom stereocenters. The molecule has 4 rings (SSSR count). The molecule has 6 nitrogen and oxygen atoms in total. The number of benzene rings is 2. The summed E-state index contributed by atoms with van der Waals surface area (Å²) in [5, 5.41) is 9.53. The largest absolute Gasteiger partial charge is 0.480 e. The lowest BCUT2D eigenvalue weighted by atomic mass is 10.1. The minimum absolute atomic E-state index is 0.168. The van der Waals surface area contributed by atoms with Crippen molar-refractivity contribution in [1.29, 1.82) is 0 Å². The van der Waals surface area contributed by atoms with Crippen LogP contribution in [0.3, 0.4) is 0 Å². The lowest BCUT2D eigenvalue weighted by Crippen LogP contribution is -2.16. The van der Waals surface area contributed by atoms with Gasteiger partial charge in [0, 0.05) is 17.7 Å². The van der Waals surface area contributed by atoms with Gasteiger partial charge < -0.3 is 19.1 Å². The number of hydrogen-bond donors (Lipinski definition) is 1. The third kappa shape index (κ3) is 2.19. The number of aliphatic carboxylic acids is 1. The van der Waals surface area contributed by atoms with Crippen LogP contribution < -0.4 is 9.47 Å². The average Bonchev–Trinajstić information content (AvgIpc) is 3.15. The predicted molar refractivity (Wildman–Crippen MR) is 88.4 cm³/mol. The van der Waals surface area contributed by atoms with Crippen molar-refractivity contribution in [2.24, 2.45) is 0 Å². The Labute approximate surface area is 138 Å². The molecule has 0 fully saturated rings. The molecule has 0 aliphatic carbocycles. The van der Waals surface area contributed by atoms with Gasteiger partial charge in [0.1, 0.15) is 11.9 Å². The van der Waals surface area contributed by atoms with Gasteiger partial charge in [0.15, 0.2) is 11.5 Å². The van der Waals surface area contributed by atoms with Crippen molar-refractivity contribution in [2.45, 2.75) is 19.9 Å². The first kappa shape index (κ1) is 14.6. The summed E-state index contributed by atoms with van der Waals surface area (Å²) in [6, 6.07) is 10.7. The summed E-state index contributed by atoms with van der Waals surface area (Å²) >= 11 is 0. The van der Waals surface area contributed by atoms with Gasteiger partial charge in [-0.05, 0) is 19.9 Å². The molecule has 0 amide bonds. The van der Waals surface area contributed by atoms with E-state index in [9.17, 15) is 9.90 Å². The Bertz CT molecular complexity index is 961. The fraction of sp³-hybridized carbons (Fsp3) is 0.222. The normalized spacial score (nSPS) is 14.1. The molecule has 2 heterocycles. The molecule has 1 N–H and O–H groups in total. The maximum atomic E-state index is 11.6. The van der Waals surface area contributed by atoms with Crippen LogP contribution in [0.2, 0.25) is 0 Å². The third-order valence-electron chi connectivity index (χ3n) is 4.20. The van der Waals surface area contributed by atoms with Crippen molar-refractivity contribution in [2.75, 3.05) is 6.79 Å². The lowest BCUT2D eigenvalue weighted by Gasteiger charge is -2.14. The molecule has 1 aliphatic heterocycles. The number of hydrogen-bond acceptors (Lipinski definition) is 4. The average molecular weight is 324 g/mol. The summed E-state index contributed by atoms with van der Waals surface area (Å²) in [5.41, 5.74) is 3.36. The lowest BCUT2D eigenvalue weighted by molar-refractivity contribution is -0.140. The Hall–Kier alpha value is -3.02. The second-order valence-electron chi connectivity index (χ2n) is 5.88. The Morgan fingerprint density at radius 2 is 2.00 bits per heavy atom. The first-order valence-corrected chi connectivity index (χ1v) is 7.66. The van der Waals surface area contributed by atoms with Crippen molar-refractivity contribution < 1.29 is 19.4 Å². The standard InChI is InChI=1S/C18H16N2O4/c1-10-4-3-5-12(6-10)17-19-13-7-15-16(24-9-23-15)8-14(13)20(17)11(2)18(21)22/h3-8,11H,9H2,1-2H3,(H,21,22). The van der Waals surface area contributed by atoms with Gasteiger partial charge in [-0.2, -0.15) is 0 Å². The second kappa shape index (κ2) is 5.26. The zero-order valence-corrected chi connectivity index (χ0v) is 13.3. The number of imidazole rings is 1. The number of aromatic nitrogens is 2. The number of nitrogens with zero attached hydrogens (tertiary/aromatic N) is 2. The molecule has 1 aromatic heterocycles. The summed E-state index contributed by atoms with van der Waals surface area (Å²) in [7, 11) is 0. The van der Waals surface area contributed by atoms with E-state index in [1.54, 1.807) is 23.6 Å². The van der Waals surface area contributed by atoms with Crippen molar-refractivity contribution >= 4 is 17.0 Å². The Morgan fingerprint density at radius 1 is 1.25 bits per heavy atom. The van der Waals surface area contributed by atoms with Crippen molar-refractivity contribution in [3.63, 3.8) is 0 Å². The molecule has 0 spiro atoms. The summed E-state index contributed by atoms with van der Waals surface area (Å²) in [4.78, 5) is 16.3. The minimum Gasteiger partial charge on any atom is -0.480 e. The van der Waals surface area contributed by atoms with Crippen LogP contribution in [0, 0.1) is 6.92 Å². The van der Waals surface area contributed by atoms with E-state index in [1.807, 2.05) is 31.2 Å². The number of fused-ring (bicyclic) bond motifs is 2. The minimum atomic E-state index is -0.916. The van der Waals surface area contributed by atoms with E-state index in [4.69, 9.17) is 9.47 Å². The van der Waals surface area contributed by atoms with Crippen LogP contribution in [0.25, 0.3) is 22.4 Å². The molecular formula is C18H16N2O4. The Kier molecular flexibility index (Phi) is 3.19. The molecule has 6 heteroatoms. The summed E-state index contributed by atoms with van der Waals surface area (Å²) in [6.45, 7) is 3.81. The van der Waals surface area contributed by atoms with Crippen LogP contribution in [0.5, 0.6) is 11.5 Å². The van der Waals surface area contributed by atoms with E-state index in [2.05, 4.69) is 4.98 Å². The molecule has 1 unspecified atom stereocenters. The highest BCUT2D eigenvalue weighted by Gasteiger charge is 2.25. The number of aryl methyl sites for hydroxylation is 1. The molecule has 3 aromatic rings. The van der Waals surface area contributed by atoms with Crippen LogP contribution in [-0.2, 0) is 4.79 Å². The molecule has 0 radical (unpaired) electrons. The highest BCUT2D eigenvalue weighted by Crippen LogP contribution is 2.38. The quantitative estimate of drug-likeness (QED) is 0.799. The Morgan fingerprint density at radius 3 is 2.71 bits per heavy atom. The maximum Gasteiger partial charge on any atom is 0.326 e. The number of rotatable bonds is 3. The summed E-state index contributed by atoms with van der Waals surface area (Å²) < 4.78 is 12.6. The van der Waals surface area contributed by atoms with E-state index in [0.717, 1.165) is 11.1 Å². The molecular weight excluding hydrogens is 308 g/mol. The van der Waals surface area contributed by atoms with Gasteiger partial charge in [-0.15, -0.1) is 0 Å². The molecule has 122 valence electrons. The van der Waals surface area contributed by atoms with Crippen LogP contribution in [0.1, 0.15) is 18.5 Å². The van der Waals surface area contributed by atoms with E-state index in [1.165, 1.54) is 0 Å². The van der Waals surface area contributed by atoms with E-state index < -0.39 is 12.0 Å². The van der Waals surface area contributed by atoms with E-state index >= 15 is 0 Å². The number of carboxylic acids is 1. The topological polar surface area (TPSA) is 73.6 Å². The fourth-order valence-corrected chi connectivity index (χ4v) is 2.98. The highest BCUT2D eigenvalue weighted by molar-refractivity contribution is 5.87.